The minimum absolute atomic E-state index is 0.443. The first-order chi connectivity index (χ1) is 8.27. The van der Waals surface area contributed by atoms with Crippen molar-refractivity contribution >= 4 is 11.3 Å². The van der Waals surface area contributed by atoms with Gasteiger partial charge in [-0.2, -0.15) is 0 Å². The molecule has 0 aliphatic heterocycles. The van der Waals surface area contributed by atoms with E-state index in [9.17, 15) is 0 Å². The van der Waals surface area contributed by atoms with Gasteiger partial charge in [0.2, 0.25) is 0 Å². The molecule has 0 fully saturated rings. The molecular formula is C15H15NO. The molecule has 0 radical (unpaired) electrons. The zero-order chi connectivity index (χ0) is 12.1. The van der Waals surface area contributed by atoms with Gasteiger partial charge in [0, 0.05) is 0 Å². The Kier molecular flexibility index (Phi) is 3.46. The lowest BCUT2D eigenvalue weighted by Crippen LogP contribution is -2.01. The van der Waals surface area contributed by atoms with Crippen molar-refractivity contribution in [1.29, 1.82) is 0 Å². The van der Waals surface area contributed by atoms with Gasteiger partial charge in [-0.25, -0.2) is 0 Å². The van der Waals surface area contributed by atoms with Crippen molar-refractivity contribution in [2.24, 2.45) is 0 Å². The molecular weight excluding hydrogens is 210 g/mol. The molecule has 0 atom stereocenters. The van der Waals surface area contributed by atoms with Crippen molar-refractivity contribution in [3.8, 4) is 5.75 Å². The summed E-state index contributed by atoms with van der Waals surface area (Å²) >= 11 is 0. The molecule has 0 saturated carbocycles. The minimum atomic E-state index is 0.443. The van der Waals surface area contributed by atoms with E-state index in [0.29, 0.717) is 18.0 Å². The second-order valence-electron chi connectivity index (χ2n) is 3.80. The highest BCUT2D eigenvalue weighted by Crippen LogP contribution is 2.21. The average Bonchev–Trinajstić information content (AvgIpc) is 2.38. The summed E-state index contributed by atoms with van der Waals surface area (Å²) in [7, 11) is 0. The molecule has 2 aromatic carbocycles. The Balaban J connectivity index is 2.00. The van der Waals surface area contributed by atoms with Gasteiger partial charge >= 0.3 is 0 Å². The number of rotatable bonds is 4. The third-order valence-electron chi connectivity index (χ3n) is 2.50. The summed E-state index contributed by atoms with van der Waals surface area (Å²) < 4.78 is 5.63. The molecule has 0 spiro atoms. The molecule has 2 nitrogen and oxygen atoms in total. The molecule has 0 bridgehead atoms. The number of hydrogen-bond acceptors (Lipinski definition) is 2. The van der Waals surface area contributed by atoms with Crippen LogP contribution in [0.15, 0.2) is 61.2 Å². The second-order valence-corrected chi connectivity index (χ2v) is 3.80. The molecule has 2 N–H and O–H groups in total. The van der Waals surface area contributed by atoms with Crippen molar-refractivity contribution in [2.75, 3.05) is 12.3 Å². The Hall–Kier alpha value is -2.22. The van der Waals surface area contributed by atoms with Gasteiger partial charge in [-0.1, -0.05) is 49.0 Å². The summed E-state index contributed by atoms with van der Waals surface area (Å²) in [6, 6.07) is 17.4. The van der Waals surface area contributed by atoms with E-state index in [1.54, 1.807) is 0 Å². The van der Waals surface area contributed by atoms with E-state index in [0.717, 1.165) is 11.1 Å². The smallest absolute Gasteiger partial charge is 0.142 e. The SMILES string of the molecule is C=C(COc1ccccc1N)c1ccccc1. The Labute approximate surface area is 101 Å². The predicted molar refractivity (Wildman–Crippen MR) is 71.8 cm³/mol. The largest absolute Gasteiger partial charge is 0.487 e. The fourth-order valence-corrected chi connectivity index (χ4v) is 1.53. The molecule has 0 aliphatic rings. The molecule has 86 valence electrons. The van der Waals surface area contributed by atoms with Gasteiger partial charge in [-0.15, -0.1) is 0 Å². The van der Waals surface area contributed by atoms with Crippen LogP contribution in [-0.4, -0.2) is 6.61 Å². The zero-order valence-corrected chi connectivity index (χ0v) is 9.60. The number of anilines is 1. The standard InChI is InChI=1S/C15H15NO/c1-12(13-7-3-2-4-8-13)11-17-15-10-6-5-9-14(15)16/h2-10H,1,11,16H2. The third-order valence-corrected chi connectivity index (χ3v) is 2.50. The lowest BCUT2D eigenvalue weighted by molar-refractivity contribution is 0.372. The normalized spacial score (nSPS) is 9.88. The van der Waals surface area contributed by atoms with E-state index in [1.165, 1.54) is 0 Å². The Bertz CT molecular complexity index is 505. The highest BCUT2D eigenvalue weighted by Gasteiger charge is 2.01. The van der Waals surface area contributed by atoms with Gasteiger partial charge in [-0.3, -0.25) is 0 Å². The van der Waals surface area contributed by atoms with Crippen LogP contribution >= 0.6 is 0 Å². The second kappa shape index (κ2) is 5.21. The van der Waals surface area contributed by atoms with Crippen LogP contribution in [0.25, 0.3) is 5.57 Å². The van der Waals surface area contributed by atoms with Crippen LogP contribution in [0.5, 0.6) is 5.75 Å². The monoisotopic (exact) mass is 225 g/mol. The van der Waals surface area contributed by atoms with Crippen LogP contribution < -0.4 is 10.5 Å². The van der Waals surface area contributed by atoms with Crippen molar-refractivity contribution in [3.63, 3.8) is 0 Å². The highest BCUT2D eigenvalue weighted by molar-refractivity contribution is 5.64. The molecule has 17 heavy (non-hydrogen) atoms. The first kappa shape index (κ1) is 11.3. The van der Waals surface area contributed by atoms with Crippen LogP contribution in [0, 0.1) is 0 Å². The van der Waals surface area contributed by atoms with Crippen molar-refractivity contribution in [2.45, 2.75) is 0 Å². The van der Waals surface area contributed by atoms with E-state index in [4.69, 9.17) is 10.5 Å². The Morgan fingerprint density at radius 2 is 1.65 bits per heavy atom. The van der Waals surface area contributed by atoms with Crippen LogP contribution in [0.3, 0.4) is 0 Å². The number of nitrogen functional groups attached to an aromatic ring is 1. The maximum atomic E-state index is 5.79. The summed E-state index contributed by atoms with van der Waals surface area (Å²) in [6.07, 6.45) is 0. The van der Waals surface area contributed by atoms with E-state index >= 15 is 0 Å². The maximum absolute atomic E-state index is 5.79. The lowest BCUT2D eigenvalue weighted by Gasteiger charge is -2.10. The van der Waals surface area contributed by atoms with Crippen molar-refractivity contribution in [3.05, 3.63) is 66.7 Å². The maximum Gasteiger partial charge on any atom is 0.142 e. The van der Waals surface area contributed by atoms with Gasteiger partial charge < -0.3 is 10.5 Å². The van der Waals surface area contributed by atoms with E-state index in [1.807, 2.05) is 54.6 Å². The lowest BCUT2D eigenvalue weighted by atomic mass is 10.1. The fraction of sp³-hybridized carbons (Fsp3) is 0.0667. The van der Waals surface area contributed by atoms with E-state index < -0.39 is 0 Å². The quantitative estimate of drug-likeness (QED) is 0.810. The van der Waals surface area contributed by atoms with Crippen LogP contribution in [-0.2, 0) is 0 Å². The van der Waals surface area contributed by atoms with Gasteiger partial charge in [0.15, 0.2) is 0 Å². The summed E-state index contributed by atoms with van der Waals surface area (Å²) in [5.41, 5.74) is 8.46. The first-order valence-electron chi connectivity index (χ1n) is 5.48. The molecule has 0 aromatic heterocycles. The van der Waals surface area contributed by atoms with E-state index in [-0.39, 0.29) is 0 Å². The average molecular weight is 225 g/mol. The summed E-state index contributed by atoms with van der Waals surface area (Å²) in [5, 5.41) is 0. The van der Waals surface area contributed by atoms with Gasteiger partial charge in [-0.05, 0) is 23.3 Å². The molecule has 0 unspecified atom stereocenters. The summed E-state index contributed by atoms with van der Waals surface area (Å²) in [4.78, 5) is 0. The Morgan fingerprint density at radius 3 is 2.35 bits per heavy atom. The van der Waals surface area contributed by atoms with E-state index in [2.05, 4.69) is 6.58 Å². The van der Waals surface area contributed by atoms with Crippen LogP contribution in [0.2, 0.25) is 0 Å². The first-order valence-corrected chi connectivity index (χ1v) is 5.48. The molecule has 0 aliphatic carbocycles. The fourth-order valence-electron chi connectivity index (χ4n) is 1.53. The Morgan fingerprint density at radius 1 is 1.00 bits per heavy atom. The van der Waals surface area contributed by atoms with Gasteiger partial charge in [0.1, 0.15) is 12.4 Å². The molecule has 2 rings (SSSR count). The molecule has 0 heterocycles. The van der Waals surface area contributed by atoms with Crippen molar-refractivity contribution in [1.82, 2.24) is 0 Å². The summed E-state index contributed by atoms with van der Waals surface area (Å²) in [5.74, 6) is 0.699. The molecule has 0 saturated heterocycles. The predicted octanol–water partition coefficient (Wildman–Crippen LogP) is 3.36. The zero-order valence-electron chi connectivity index (χ0n) is 9.60. The number of para-hydroxylation sites is 2. The number of nitrogens with two attached hydrogens (primary N) is 1. The number of hydrogen-bond donors (Lipinski definition) is 1. The number of ether oxygens (including phenoxy) is 1. The summed E-state index contributed by atoms with van der Waals surface area (Å²) in [6.45, 7) is 4.45. The topological polar surface area (TPSA) is 35.2 Å². The van der Waals surface area contributed by atoms with Gasteiger partial charge in [0.25, 0.3) is 0 Å². The third kappa shape index (κ3) is 2.88. The highest BCUT2D eigenvalue weighted by atomic mass is 16.5. The molecule has 2 aromatic rings. The minimum Gasteiger partial charge on any atom is -0.487 e. The van der Waals surface area contributed by atoms with Crippen LogP contribution in [0.1, 0.15) is 5.56 Å². The molecule has 2 heteroatoms. The molecule has 0 amide bonds. The van der Waals surface area contributed by atoms with Crippen LogP contribution in [0.4, 0.5) is 5.69 Å². The number of benzene rings is 2. The van der Waals surface area contributed by atoms with Gasteiger partial charge in [0.05, 0.1) is 5.69 Å². The van der Waals surface area contributed by atoms with Crippen molar-refractivity contribution < 1.29 is 4.74 Å².